The molecule has 6 heteroatoms. The minimum atomic E-state index is -1.20. The molecule has 2 N–H and O–H groups in total. The quantitative estimate of drug-likeness (QED) is 0.829. The second kappa shape index (κ2) is 4.93. The molecule has 19 heavy (non-hydrogen) atoms. The van der Waals surface area contributed by atoms with Crippen LogP contribution >= 0.6 is 0 Å². The van der Waals surface area contributed by atoms with Crippen molar-refractivity contribution in [2.45, 2.75) is 13.8 Å². The summed E-state index contributed by atoms with van der Waals surface area (Å²) in [5.41, 5.74) is 1.45. The summed E-state index contributed by atoms with van der Waals surface area (Å²) in [6.45, 7) is 3.06. The Morgan fingerprint density at radius 1 is 1.26 bits per heavy atom. The second-order valence-corrected chi connectivity index (χ2v) is 4.06. The number of Topliss-reactive ketones (excluding diaryl/α,β-unsaturated/α-hetero) is 1. The van der Waals surface area contributed by atoms with Gasteiger partial charge in [-0.1, -0.05) is 18.2 Å². The van der Waals surface area contributed by atoms with Crippen LogP contribution in [0.25, 0.3) is 5.69 Å². The smallest absolute Gasteiger partial charge is 0.410 e. The first-order chi connectivity index (χ1) is 9.00. The lowest BCUT2D eigenvalue weighted by Gasteiger charge is -2.07. The fourth-order valence-electron chi connectivity index (χ4n) is 1.83. The summed E-state index contributed by atoms with van der Waals surface area (Å²) < 4.78 is 1.42. The van der Waals surface area contributed by atoms with Crippen LogP contribution in [0, 0.1) is 6.92 Å². The van der Waals surface area contributed by atoms with Gasteiger partial charge in [-0.3, -0.25) is 10.1 Å². The Balaban J connectivity index is 2.62. The third-order valence-electron chi connectivity index (χ3n) is 2.68. The number of carbonyl (C=O) groups is 2. The van der Waals surface area contributed by atoms with Crippen molar-refractivity contribution < 1.29 is 14.7 Å². The fraction of sp³-hybridized carbons (Fsp3) is 0.154. The van der Waals surface area contributed by atoms with E-state index in [0.29, 0.717) is 11.3 Å². The van der Waals surface area contributed by atoms with Crippen molar-refractivity contribution in [3.63, 3.8) is 0 Å². The number of benzene rings is 1. The molecule has 0 bridgehead atoms. The molecule has 0 aliphatic carbocycles. The third-order valence-corrected chi connectivity index (χ3v) is 2.68. The summed E-state index contributed by atoms with van der Waals surface area (Å²) in [6, 6.07) is 9.03. The average molecular weight is 259 g/mol. The molecule has 0 fully saturated rings. The van der Waals surface area contributed by atoms with E-state index in [0.717, 1.165) is 0 Å². The molecule has 0 aliphatic rings. The molecule has 1 amide bonds. The Kier molecular flexibility index (Phi) is 3.33. The molecule has 2 aromatic rings. The normalized spacial score (nSPS) is 10.2. The number of carbonyl (C=O) groups excluding carboxylic acids is 1. The van der Waals surface area contributed by atoms with E-state index in [4.69, 9.17) is 5.11 Å². The number of anilines is 1. The summed E-state index contributed by atoms with van der Waals surface area (Å²) in [4.78, 5) is 22.3. The van der Waals surface area contributed by atoms with Gasteiger partial charge in [0.05, 0.1) is 5.69 Å². The molecule has 0 unspecified atom stereocenters. The highest BCUT2D eigenvalue weighted by Gasteiger charge is 2.19. The van der Waals surface area contributed by atoms with Crippen molar-refractivity contribution in [2.24, 2.45) is 0 Å². The van der Waals surface area contributed by atoms with Gasteiger partial charge in [-0.05, 0) is 19.1 Å². The summed E-state index contributed by atoms with van der Waals surface area (Å²) in [6.07, 6.45) is -1.20. The molecular weight excluding hydrogens is 246 g/mol. The number of para-hydroxylation sites is 1. The zero-order valence-corrected chi connectivity index (χ0v) is 10.5. The number of carboxylic acid groups (broad SMARTS) is 1. The Hall–Kier alpha value is -2.63. The molecule has 0 atom stereocenters. The number of aromatic nitrogens is 2. The minimum absolute atomic E-state index is 0.208. The topological polar surface area (TPSA) is 84.2 Å². The lowest BCUT2D eigenvalue weighted by atomic mass is 10.2. The highest BCUT2D eigenvalue weighted by molar-refractivity contribution is 5.96. The zero-order valence-electron chi connectivity index (χ0n) is 10.5. The van der Waals surface area contributed by atoms with Crippen molar-refractivity contribution in [1.29, 1.82) is 0 Å². The fourth-order valence-corrected chi connectivity index (χ4v) is 1.83. The van der Waals surface area contributed by atoms with Crippen LogP contribution in [0.4, 0.5) is 10.6 Å². The van der Waals surface area contributed by atoms with Gasteiger partial charge < -0.3 is 5.11 Å². The molecule has 1 aromatic heterocycles. The number of nitrogens with one attached hydrogen (secondary N) is 1. The molecule has 0 aliphatic heterocycles. The van der Waals surface area contributed by atoms with Gasteiger partial charge in [-0.15, -0.1) is 0 Å². The first kappa shape index (κ1) is 12.8. The van der Waals surface area contributed by atoms with Crippen molar-refractivity contribution in [3.8, 4) is 5.69 Å². The number of ketones is 1. The monoisotopic (exact) mass is 259 g/mol. The van der Waals surface area contributed by atoms with E-state index in [2.05, 4.69) is 10.4 Å². The van der Waals surface area contributed by atoms with Gasteiger partial charge in [0.1, 0.15) is 11.5 Å². The molecule has 0 spiro atoms. The van der Waals surface area contributed by atoms with Crippen LogP contribution in [-0.4, -0.2) is 26.8 Å². The molecule has 1 heterocycles. The van der Waals surface area contributed by atoms with E-state index < -0.39 is 6.09 Å². The van der Waals surface area contributed by atoms with E-state index in [1.165, 1.54) is 11.6 Å². The van der Waals surface area contributed by atoms with Gasteiger partial charge >= 0.3 is 6.09 Å². The van der Waals surface area contributed by atoms with Crippen LogP contribution < -0.4 is 5.32 Å². The maximum Gasteiger partial charge on any atom is 0.410 e. The van der Waals surface area contributed by atoms with Crippen LogP contribution in [0.3, 0.4) is 0 Å². The van der Waals surface area contributed by atoms with E-state index >= 15 is 0 Å². The van der Waals surface area contributed by atoms with E-state index in [9.17, 15) is 9.59 Å². The predicted octanol–water partition coefficient (Wildman–Crippen LogP) is 2.47. The SMILES string of the molecule is CC(=O)c1nn(-c2ccccc2)c(NC(=O)O)c1C. The molecule has 0 radical (unpaired) electrons. The number of amides is 1. The van der Waals surface area contributed by atoms with Crippen LogP contribution in [0.15, 0.2) is 30.3 Å². The van der Waals surface area contributed by atoms with Crippen molar-refractivity contribution >= 4 is 17.7 Å². The summed E-state index contributed by atoms with van der Waals surface area (Å²) in [5, 5.41) is 15.3. The predicted molar refractivity (Wildman–Crippen MR) is 70.0 cm³/mol. The number of hydrogen-bond donors (Lipinski definition) is 2. The summed E-state index contributed by atoms with van der Waals surface area (Å²) in [7, 11) is 0. The Morgan fingerprint density at radius 2 is 1.89 bits per heavy atom. The largest absolute Gasteiger partial charge is 0.465 e. The van der Waals surface area contributed by atoms with Gasteiger partial charge in [-0.2, -0.15) is 5.10 Å². The van der Waals surface area contributed by atoms with Crippen molar-refractivity contribution in [2.75, 3.05) is 5.32 Å². The zero-order chi connectivity index (χ0) is 14.0. The average Bonchev–Trinajstić information content (AvgIpc) is 2.68. The van der Waals surface area contributed by atoms with Crippen molar-refractivity contribution in [1.82, 2.24) is 9.78 Å². The number of hydrogen-bond acceptors (Lipinski definition) is 3. The molecule has 6 nitrogen and oxygen atoms in total. The molecule has 1 aromatic carbocycles. The second-order valence-electron chi connectivity index (χ2n) is 4.06. The summed E-state index contributed by atoms with van der Waals surface area (Å²) in [5.74, 6) is 0.0736. The molecule has 0 saturated carbocycles. The first-order valence-corrected chi connectivity index (χ1v) is 5.66. The summed E-state index contributed by atoms with van der Waals surface area (Å²) >= 11 is 0. The van der Waals surface area contributed by atoms with Crippen LogP contribution in [0.2, 0.25) is 0 Å². The molecular formula is C13H13N3O3. The molecule has 0 saturated heterocycles. The minimum Gasteiger partial charge on any atom is -0.465 e. The van der Waals surface area contributed by atoms with Crippen LogP contribution in [0.5, 0.6) is 0 Å². The van der Waals surface area contributed by atoms with Crippen molar-refractivity contribution in [3.05, 3.63) is 41.6 Å². The Morgan fingerprint density at radius 3 is 2.42 bits per heavy atom. The van der Waals surface area contributed by atoms with Crippen LogP contribution in [-0.2, 0) is 0 Å². The standard InChI is InChI=1S/C13H13N3O3/c1-8-11(9(2)17)15-16(12(8)14-13(18)19)10-6-4-3-5-7-10/h3-7,14H,1-2H3,(H,18,19). The van der Waals surface area contributed by atoms with Crippen LogP contribution in [0.1, 0.15) is 23.0 Å². The number of nitrogens with zero attached hydrogens (tertiary/aromatic N) is 2. The lowest BCUT2D eigenvalue weighted by molar-refractivity contribution is 0.101. The van der Waals surface area contributed by atoms with E-state index in [1.54, 1.807) is 19.1 Å². The Bertz CT molecular complexity index is 632. The number of rotatable bonds is 3. The maximum atomic E-state index is 11.5. The van der Waals surface area contributed by atoms with Gasteiger partial charge in [0.25, 0.3) is 0 Å². The van der Waals surface area contributed by atoms with Gasteiger partial charge in [0.2, 0.25) is 0 Å². The molecule has 2 rings (SSSR count). The third kappa shape index (κ3) is 2.47. The van der Waals surface area contributed by atoms with E-state index in [1.807, 2.05) is 18.2 Å². The first-order valence-electron chi connectivity index (χ1n) is 5.66. The lowest BCUT2D eigenvalue weighted by Crippen LogP contribution is -2.12. The Labute approximate surface area is 109 Å². The highest BCUT2D eigenvalue weighted by atomic mass is 16.4. The van der Waals surface area contributed by atoms with E-state index in [-0.39, 0.29) is 17.3 Å². The molecule has 98 valence electrons. The maximum absolute atomic E-state index is 11.5. The van der Waals surface area contributed by atoms with Gasteiger partial charge in [-0.25, -0.2) is 9.48 Å². The highest BCUT2D eigenvalue weighted by Crippen LogP contribution is 2.23. The van der Waals surface area contributed by atoms with Gasteiger partial charge in [0, 0.05) is 12.5 Å². The van der Waals surface area contributed by atoms with Gasteiger partial charge in [0.15, 0.2) is 5.78 Å².